The molecule has 1 aromatic carbocycles. The molecule has 1 nitrogen and oxygen atoms in total. The fourth-order valence-corrected chi connectivity index (χ4v) is 2.06. The van der Waals surface area contributed by atoms with Gasteiger partial charge in [-0.3, -0.25) is 0 Å². The molecule has 1 rings (SSSR count). The topological polar surface area (TPSA) is 26.0 Å². The van der Waals surface area contributed by atoms with Crippen LogP contribution in [0.5, 0.6) is 0 Å². The predicted molar refractivity (Wildman–Crippen MR) is 50.2 cm³/mol. The maximum Gasteiger partial charge on any atom is 0.0325 e. The van der Waals surface area contributed by atoms with E-state index in [1.54, 1.807) is 21.6 Å². The summed E-state index contributed by atoms with van der Waals surface area (Å²) in [7, 11) is 3.45. The van der Waals surface area contributed by atoms with Crippen molar-refractivity contribution in [2.75, 3.05) is 12.0 Å². The van der Waals surface area contributed by atoms with Crippen LogP contribution in [0.2, 0.25) is 0 Å². The largest absolute Gasteiger partial charge is 0.399 e. The molecule has 0 amide bonds. The summed E-state index contributed by atoms with van der Waals surface area (Å²) in [5.41, 5.74) is 6.40. The van der Waals surface area contributed by atoms with Crippen LogP contribution >= 0.6 is 21.6 Å². The summed E-state index contributed by atoms with van der Waals surface area (Å²) >= 11 is 0. The van der Waals surface area contributed by atoms with Crippen molar-refractivity contribution in [3.05, 3.63) is 24.3 Å². The molecule has 0 fully saturated rings. The van der Waals surface area contributed by atoms with Gasteiger partial charge in [-0.2, -0.15) is 0 Å². The van der Waals surface area contributed by atoms with Gasteiger partial charge in [0.1, 0.15) is 0 Å². The van der Waals surface area contributed by atoms with E-state index in [0.717, 1.165) is 5.69 Å². The minimum atomic E-state index is 0.832. The summed E-state index contributed by atoms with van der Waals surface area (Å²) in [6.07, 6.45) is 2.05. The van der Waals surface area contributed by atoms with E-state index in [4.69, 9.17) is 5.73 Å². The zero-order chi connectivity index (χ0) is 7.40. The van der Waals surface area contributed by atoms with Gasteiger partial charge in [-0.05, 0) is 24.5 Å². The molecule has 0 aliphatic rings. The van der Waals surface area contributed by atoms with Crippen LogP contribution in [-0.2, 0) is 0 Å². The van der Waals surface area contributed by atoms with Crippen molar-refractivity contribution in [1.82, 2.24) is 0 Å². The van der Waals surface area contributed by atoms with Gasteiger partial charge in [-0.25, -0.2) is 0 Å². The lowest BCUT2D eigenvalue weighted by atomic mass is 10.3. The highest BCUT2D eigenvalue weighted by Crippen LogP contribution is 2.28. The minimum absolute atomic E-state index is 0.832. The molecule has 0 unspecified atom stereocenters. The van der Waals surface area contributed by atoms with Crippen LogP contribution in [-0.4, -0.2) is 6.26 Å². The van der Waals surface area contributed by atoms with E-state index in [1.807, 2.05) is 24.5 Å². The van der Waals surface area contributed by atoms with Crippen molar-refractivity contribution >= 4 is 27.3 Å². The lowest BCUT2D eigenvalue weighted by molar-refractivity contribution is 1.48. The highest BCUT2D eigenvalue weighted by atomic mass is 33.1. The average Bonchev–Trinajstić information content (AvgIpc) is 1.88. The maximum atomic E-state index is 5.57. The Kier molecular flexibility index (Phi) is 2.96. The Bertz CT molecular complexity index is 213. The van der Waals surface area contributed by atoms with Crippen LogP contribution in [0.25, 0.3) is 0 Å². The Morgan fingerprint density at radius 1 is 1.40 bits per heavy atom. The van der Waals surface area contributed by atoms with E-state index in [0.29, 0.717) is 0 Å². The smallest absolute Gasteiger partial charge is 0.0325 e. The van der Waals surface area contributed by atoms with Crippen molar-refractivity contribution in [2.45, 2.75) is 4.90 Å². The Hall–Kier alpha value is -0.280. The number of rotatable bonds is 2. The zero-order valence-corrected chi connectivity index (χ0v) is 7.34. The molecule has 0 saturated heterocycles. The number of anilines is 1. The lowest BCUT2D eigenvalue weighted by Gasteiger charge is -1.96. The van der Waals surface area contributed by atoms with Gasteiger partial charge >= 0.3 is 0 Å². The minimum Gasteiger partial charge on any atom is -0.399 e. The molecule has 0 heterocycles. The first-order chi connectivity index (χ1) is 4.83. The first-order valence-electron chi connectivity index (χ1n) is 2.89. The van der Waals surface area contributed by atoms with Crippen LogP contribution in [0.4, 0.5) is 5.69 Å². The number of nitrogen functional groups attached to an aromatic ring is 1. The molecule has 0 atom stereocenters. The molecule has 0 bridgehead atoms. The molecule has 0 spiro atoms. The molecule has 3 heteroatoms. The highest BCUT2D eigenvalue weighted by molar-refractivity contribution is 8.76. The fraction of sp³-hybridized carbons (Fsp3) is 0.143. The molecule has 10 heavy (non-hydrogen) atoms. The summed E-state index contributed by atoms with van der Waals surface area (Å²) in [5, 5.41) is 0. The Morgan fingerprint density at radius 2 is 2.20 bits per heavy atom. The second kappa shape index (κ2) is 3.78. The SMILES string of the molecule is CSSc1cccc(N)c1. The van der Waals surface area contributed by atoms with Crippen LogP contribution in [0.15, 0.2) is 29.2 Å². The van der Waals surface area contributed by atoms with Gasteiger partial charge in [0, 0.05) is 10.6 Å². The molecule has 0 radical (unpaired) electrons. The summed E-state index contributed by atoms with van der Waals surface area (Å²) in [6, 6.07) is 7.89. The number of benzene rings is 1. The molecule has 54 valence electrons. The monoisotopic (exact) mass is 171 g/mol. The molecule has 0 aliphatic heterocycles. The molecule has 0 aliphatic carbocycles. The van der Waals surface area contributed by atoms with Crippen LogP contribution in [0.3, 0.4) is 0 Å². The van der Waals surface area contributed by atoms with Crippen molar-refractivity contribution < 1.29 is 0 Å². The fourth-order valence-electron chi connectivity index (χ4n) is 0.663. The molecular weight excluding hydrogens is 162 g/mol. The Labute approximate surface area is 68.8 Å². The molecule has 0 saturated carbocycles. The molecule has 0 aromatic heterocycles. The van der Waals surface area contributed by atoms with Crippen molar-refractivity contribution in [1.29, 1.82) is 0 Å². The van der Waals surface area contributed by atoms with E-state index in [-0.39, 0.29) is 0 Å². The van der Waals surface area contributed by atoms with Crippen molar-refractivity contribution in [2.24, 2.45) is 0 Å². The van der Waals surface area contributed by atoms with Gasteiger partial charge in [0.2, 0.25) is 0 Å². The van der Waals surface area contributed by atoms with Gasteiger partial charge in [-0.15, -0.1) is 0 Å². The summed E-state index contributed by atoms with van der Waals surface area (Å²) in [5.74, 6) is 0. The van der Waals surface area contributed by atoms with Gasteiger partial charge < -0.3 is 5.73 Å². The second-order valence-corrected chi connectivity index (χ2v) is 4.29. The van der Waals surface area contributed by atoms with E-state index in [2.05, 4.69) is 6.07 Å². The summed E-state index contributed by atoms with van der Waals surface area (Å²) < 4.78 is 0. The zero-order valence-electron chi connectivity index (χ0n) is 5.70. The van der Waals surface area contributed by atoms with Crippen molar-refractivity contribution in [3.63, 3.8) is 0 Å². The van der Waals surface area contributed by atoms with E-state index >= 15 is 0 Å². The van der Waals surface area contributed by atoms with E-state index in [1.165, 1.54) is 4.90 Å². The van der Waals surface area contributed by atoms with Gasteiger partial charge in [0.15, 0.2) is 0 Å². The Balaban J connectivity index is 2.75. The van der Waals surface area contributed by atoms with Crippen LogP contribution in [0, 0.1) is 0 Å². The number of hydrogen-bond acceptors (Lipinski definition) is 3. The first-order valence-corrected chi connectivity index (χ1v) is 5.45. The van der Waals surface area contributed by atoms with Crippen molar-refractivity contribution in [3.8, 4) is 0 Å². The van der Waals surface area contributed by atoms with E-state index in [9.17, 15) is 0 Å². The predicted octanol–water partition coefficient (Wildman–Crippen LogP) is 2.64. The van der Waals surface area contributed by atoms with Gasteiger partial charge in [0.25, 0.3) is 0 Å². The maximum absolute atomic E-state index is 5.57. The first kappa shape index (κ1) is 7.82. The summed E-state index contributed by atoms with van der Waals surface area (Å²) in [4.78, 5) is 1.22. The number of nitrogens with two attached hydrogens (primary N) is 1. The lowest BCUT2D eigenvalue weighted by Crippen LogP contribution is -1.82. The van der Waals surface area contributed by atoms with Gasteiger partial charge in [-0.1, -0.05) is 27.7 Å². The summed E-state index contributed by atoms with van der Waals surface area (Å²) in [6.45, 7) is 0. The normalized spacial score (nSPS) is 9.70. The van der Waals surface area contributed by atoms with Crippen LogP contribution in [0.1, 0.15) is 0 Å². The second-order valence-electron chi connectivity index (χ2n) is 1.82. The third-order valence-corrected chi connectivity index (χ3v) is 2.73. The standard InChI is InChI=1S/C7H9NS2/c1-9-10-7-4-2-3-6(8)5-7/h2-5H,8H2,1H3. The van der Waals surface area contributed by atoms with Gasteiger partial charge in [0.05, 0.1) is 0 Å². The average molecular weight is 171 g/mol. The van der Waals surface area contributed by atoms with Crippen LogP contribution < -0.4 is 5.73 Å². The molecule has 2 N–H and O–H groups in total. The van der Waals surface area contributed by atoms with E-state index < -0.39 is 0 Å². The molecular formula is C7H9NS2. The Morgan fingerprint density at radius 3 is 2.80 bits per heavy atom. The number of hydrogen-bond donors (Lipinski definition) is 1. The highest BCUT2D eigenvalue weighted by Gasteiger charge is 1.90. The quantitative estimate of drug-likeness (QED) is 0.547. The third kappa shape index (κ3) is 2.15. The third-order valence-electron chi connectivity index (χ3n) is 1.04. The molecule has 1 aromatic rings.